The van der Waals surface area contributed by atoms with Crippen LogP contribution >= 0.6 is 0 Å². The molecule has 22 nitrogen and oxygen atoms in total. The molecule has 5 unspecified atom stereocenters. The summed E-state index contributed by atoms with van der Waals surface area (Å²) < 4.78 is 291. The zero-order valence-electron chi connectivity index (χ0n) is 78.7. The molecule has 0 radical (unpaired) electrons. The summed E-state index contributed by atoms with van der Waals surface area (Å²) >= 11 is 0. The van der Waals surface area contributed by atoms with E-state index >= 15 is 0 Å². The number of alkyl halides is 11. The first-order chi connectivity index (χ1) is 65.0. The third-order valence-corrected chi connectivity index (χ3v) is 44.8. The Morgan fingerprint density at radius 2 is 0.891 bits per heavy atom. The van der Waals surface area contributed by atoms with Crippen molar-refractivity contribution in [3.8, 4) is 11.5 Å². The van der Waals surface area contributed by atoms with Gasteiger partial charge in [-0.15, -0.1) is 0 Å². The summed E-state index contributed by atoms with van der Waals surface area (Å²) in [5.74, 6) is 5.75. The average Bonchev–Trinajstić information content (AvgIpc) is 0.905. The second kappa shape index (κ2) is 46.7. The van der Waals surface area contributed by atoms with Crippen LogP contribution in [-0.2, 0) is 102 Å². The van der Waals surface area contributed by atoms with Gasteiger partial charge in [0.15, 0.2) is 64.7 Å². The summed E-state index contributed by atoms with van der Waals surface area (Å²) in [6, 6.07) is 35.1. The number of unbranched alkanes of at least 4 members (excludes halogenated alkanes) is 2. The number of rotatable bonds is 29. The lowest BCUT2D eigenvalue weighted by Gasteiger charge is -2.56. The van der Waals surface area contributed by atoms with E-state index in [4.69, 9.17) is 9.47 Å². The molecule has 138 heavy (non-hydrogen) atoms. The number of halogens is 11. The number of nitrogens with zero attached hydrogens (tertiary/aromatic N) is 4. The number of hydrogen-bond acceptors (Lipinski definition) is 18. The van der Waals surface area contributed by atoms with Crippen molar-refractivity contribution in [2.75, 3.05) is 80.5 Å². The van der Waals surface area contributed by atoms with Gasteiger partial charge in [0.2, 0.25) is 5.78 Å². The number of ether oxygens (including phenoxy) is 3. The van der Waals surface area contributed by atoms with Gasteiger partial charge in [-0.2, -0.15) is 48.3 Å². The van der Waals surface area contributed by atoms with E-state index in [9.17, 15) is 114 Å². The van der Waals surface area contributed by atoms with E-state index in [1.54, 1.807) is 13.9 Å². The first kappa shape index (κ1) is 111. The van der Waals surface area contributed by atoms with Crippen molar-refractivity contribution < 1.29 is 128 Å². The molecule has 41 heteroatoms. The number of Topliss-reactive ketones (excluding diaryl/α,β-unsaturated/α-hetero) is 1. The Hall–Kier alpha value is -5.79. The molecular weight excluding hydrogens is 1970 g/mol. The molecule has 5 heterocycles. The van der Waals surface area contributed by atoms with Crippen LogP contribution in [0.25, 0.3) is 29.8 Å². The van der Waals surface area contributed by atoms with E-state index in [0.717, 1.165) is 107 Å². The fourth-order valence-corrected chi connectivity index (χ4v) is 35.1. The van der Waals surface area contributed by atoms with Gasteiger partial charge in [-0.05, 0) is 263 Å². The predicted octanol–water partition coefficient (Wildman–Crippen LogP) is 21.8. The molecule has 8 aliphatic carbocycles. The number of benzene rings is 5. The van der Waals surface area contributed by atoms with E-state index < -0.39 is 113 Å². The van der Waals surface area contributed by atoms with Crippen LogP contribution in [0.5, 0.6) is 11.5 Å². The van der Waals surface area contributed by atoms with Crippen molar-refractivity contribution in [1.82, 2.24) is 9.80 Å². The lowest BCUT2D eigenvalue weighted by molar-refractivity contribution is -0.171. The number of fused-ring (bicyclic) bond motifs is 5. The summed E-state index contributed by atoms with van der Waals surface area (Å²) in [7, 11) is -30.9. The third-order valence-electron chi connectivity index (χ3n) is 29.5. The zero-order valence-corrected chi connectivity index (χ0v) is 85.3. The molecule has 5 saturated heterocycles. The van der Waals surface area contributed by atoms with Crippen LogP contribution in [0.4, 0.5) is 48.3 Å². The maximum absolute atomic E-state index is 14.5. The Labute approximate surface area is 814 Å². The maximum atomic E-state index is 14.5. The Balaban J connectivity index is 0.000000151. The summed E-state index contributed by atoms with van der Waals surface area (Å²) in [4.78, 5) is 53.1. The molecule has 0 N–H and O–H groups in total. The van der Waals surface area contributed by atoms with Crippen molar-refractivity contribution in [1.29, 1.82) is 0 Å². The Bertz CT molecular complexity index is 5460. The minimum atomic E-state index is -6.74. The van der Waals surface area contributed by atoms with E-state index in [1.165, 1.54) is 149 Å². The normalized spacial score (nSPS) is 24.7. The smallest absolute Gasteiger partial charge is 0.480 e. The summed E-state index contributed by atoms with van der Waals surface area (Å²) in [6.07, 6.45) is 32.3. The molecule has 18 rings (SSSR count). The van der Waals surface area contributed by atoms with E-state index in [1.807, 2.05) is 0 Å². The van der Waals surface area contributed by atoms with Gasteiger partial charge in [0.25, 0.3) is 0 Å². The number of piperidine rings is 2. The molecule has 6 bridgehead atoms. The first-order valence-corrected chi connectivity index (χ1v) is 60.5. The number of hydrogen-bond donors (Lipinski definition) is 0. The molecule has 13 aliphatic rings. The number of carbonyl (C=O) groups excluding carboxylic acids is 4. The number of esters is 1. The quantitative estimate of drug-likeness (QED) is 0.0107. The summed E-state index contributed by atoms with van der Waals surface area (Å²) in [5, 5.41) is -15.0. The van der Waals surface area contributed by atoms with Gasteiger partial charge in [0.05, 0.1) is 19.8 Å². The monoisotopic (exact) mass is 2100 g/mol. The van der Waals surface area contributed by atoms with Crippen LogP contribution in [0, 0.1) is 52.8 Å². The molecule has 2 amide bonds. The van der Waals surface area contributed by atoms with Gasteiger partial charge < -0.3 is 36.8 Å². The highest BCUT2D eigenvalue weighted by atomic mass is 32.3. The highest BCUT2D eigenvalue weighted by molar-refractivity contribution is 8.14. The standard InChI is InChI=1S/C20H27F4N2O7S2.C20H29OS.2C18H23OS.C12H16F5N2O5S2.C9H14F2O3S/c21-19(22,16(27)26-4-2-1-3-5-26)34(29,30)25-35(31,32)20(23,24)17(28)33-12-18-9-13-6-14(10-18)8-15(7-13)11-18;1-20(2,22-14-6-7-15-22)19(21)18-12-10-17(11-13-18)16-8-4-3-5-9-16;2*1-2-3-12-19-17-10-11-18(20-13-6-7-14-20)16-9-5-4-8-15(16)17;13-11(14,25(21,22)18-26(23,24)12(15,16)17)10(20)19-6-5-8-3-1-2-4-9(8)7-19;10-9(11,15(12,13)14)5-8-4-6-1-2-7(8)3-6/h13-15H,1-12H2;10-13,16H,3-9,14-15H2,1-2H3;2*4-5,8-11H,2-3,6-7,12-14H2,1H3;8-9H,1-7H2;6-8H,1-5H2,(H,12,13,14)/q-1;3*+1;-1;/p-1. The van der Waals surface area contributed by atoms with Gasteiger partial charge in [-0.3, -0.25) is 14.4 Å². The third kappa shape index (κ3) is 26.7. The molecule has 13 fully saturated rings. The van der Waals surface area contributed by atoms with Crippen LogP contribution in [0.15, 0.2) is 107 Å². The topological polar surface area (TPSA) is 324 Å². The molecule has 0 aromatic heterocycles. The Kier molecular flexibility index (Phi) is 37.6. The van der Waals surface area contributed by atoms with Crippen LogP contribution in [-0.4, -0.2) is 192 Å². The first-order valence-electron chi connectivity index (χ1n) is 48.7. The molecule has 5 aliphatic heterocycles. The number of ketones is 1. The van der Waals surface area contributed by atoms with Crippen LogP contribution in [0.2, 0.25) is 0 Å². The fraction of sp³-hybridized carbons (Fsp3) is 0.691. The molecule has 8 saturated carbocycles. The van der Waals surface area contributed by atoms with Gasteiger partial charge >= 0.3 is 44.3 Å². The predicted molar refractivity (Wildman–Crippen MR) is 515 cm³/mol. The molecule has 5 aromatic carbocycles. The Morgan fingerprint density at radius 3 is 1.35 bits per heavy atom. The minimum absolute atomic E-state index is 0.101. The highest BCUT2D eigenvalue weighted by Crippen LogP contribution is 2.61. The SMILES string of the molecule is CC(C)(C(=O)c1ccc(C2CCCCC2)cc1)[S+]1CCCC1.CCCCOc1ccc([S+]2CCCC2)c2ccccc12.CCCCOc1ccc([S+]2CCCC2)c2ccccc12.O=C(N1CCC2CCCCC2C1)C(F)(F)S(=O)(=O)[N-]S(=O)(=O)C(F)(F)F.O=C(OCC12CC3CC(CC(C3)C1)C2)C(F)(F)S(=O)(=O)[N-]S(=O)(=O)C(F)(F)C(=O)N1CCCCC1.O=S(=O)([O-])C(F)(F)CC1CC2CCC1C2. The highest BCUT2D eigenvalue weighted by Gasteiger charge is 2.60. The van der Waals surface area contributed by atoms with Crippen molar-refractivity contribution in [3.63, 3.8) is 0 Å². The van der Waals surface area contributed by atoms with Gasteiger partial charge in [0.1, 0.15) is 46.0 Å². The Morgan fingerprint density at radius 1 is 0.449 bits per heavy atom. The molecule has 5 atom stereocenters. The van der Waals surface area contributed by atoms with Gasteiger partial charge in [0, 0.05) is 97.8 Å². The summed E-state index contributed by atoms with van der Waals surface area (Å²) in [6.45, 7) is 9.16. The van der Waals surface area contributed by atoms with Crippen molar-refractivity contribution in [2.24, 2.45) is 52.8 Å². The van der Waals surface area contributed by atoms with Gasteiger partial charge in [-0.1, -0.05) is 132 Å². The maximum Gasteiger partial charge on any atom is 0.480 e. The number of sulfonamides is 4. The fourth-order valence-electron chi connectivity index (χ4n) is 22.5. The molecule has 0 spiro atoms. The average molecular weight is 2110 g/mol. The van der Waals surface area contributed by atoms with Crippen molar-refractivity contribution in [3.05, 3.63) is 116 Å². The summed E-state index contributed by atoms with van der Waals surface area (Å²) in [5.41, 5.74) is -4.37. The largest absolute Gasteiger partial charge is 0.743 e. The van der Waals surface area contributed by atoms with Crippen LogP contribution < -0.4 is 9.47 Å². The number of likely N-dealkylation sites (tertiary alicyclic amines) is 2. The van der Waals surface area contributed by atoms with E-state index in [2.05, 4.69) is 129 Å². The second-order valence-electron chi connectivity index (χ2n) is 39.7. The molecule has 5 aromatic rings. The van der Waals surface area contributed by atoms with Crippen LogP contribution in [0.3, 0.4) is 0 Å². The van der Waals surface area contributed by atoms with Gasteiger partial charge in [-0.25, -0.2) is 46.9 Å². The van der Waals surface area contributed by atoms with E-state index in [-0.39, 0.29) is 65.5 Å². The number of carbonyl (C=O) groups is 4. The number of amides is 2. The second-order valence-corrected chi connectivity index (χ2v) is 55.5. The lowest BCUT2D eigenvalue weighted by atomic mass is 9.50. The lowest BCUT2D eigenvalue weighted by Crippen LogP contribution is -2.53. The molecule has 772 valence electrons. The van der Waals surface area contributed by atoms with Crippen LogP contribution in [0.1, 0.15) is 268 Å². The van der Waals surface area contributed by atoms with E-state index in [0.29, 0.717) is 119 Å². The minimum Gasteiger partial charge on any atom is -0.743 e. The van der Waals surface area contributed by atoms with Crippen molar-refractivity contribution >= 4 is 128 Å². The van der Waals surface area contributed by atoms with Crippen molar-refractivity contribution in [2.45, 2.75) is 293 Å². The molecular formula is C97H131F11N4O18S8. The zero-order chi connectivity index (χ0) is 100.